The van der Waals surface area contributed by atoms with E-state index in [1.54, 1.807) is 26.8 Å². The van der Waals surface area contributed by atoms with Gasteiger partial charge in [-0.2, -0.15) is 14.0 Å². The summed E-state index contributed by atoms with van der Waals surface area (Å²) in [7, 11) is 0. The molecule has 0 bridgehead atoms. The van der Waals surface area contributed by atoms with E-state index in [2.05, 4.69) is 4.98 Å². The molecule has 3 rings (SSSR count). The molecule has 0 aliphatic carbocycles. The van der Waals surface area contributed by atoms with Crippen molar-refractivity contribution in [1.29, 1.82) is 5.26 Å². The van der Waals surface area contributed by atoms with E-state index in [-0.39, 0.29) is 48.9 Å². The molecule has 0 atom stereocenters. The Morgan fingerprint density at radius 1 is 1.41 bits per heavy atom. The highest BCUT2D eigenvalue weighted by Crippen LogP contribution is 2.56. The van der Waals surface area contributed by atoms with Gasteiger partial charge in [-0.3, -0.25) is 0 Å². The van der Waals surface area contributed by atoms with Crippen LogP contribution in [0.15, 0.2) is 6.20 Å². The van der Waals surface area contributed by atoms with Gasteiger partial charge < -0.3 is 14.4 Å². The van der Waals surface area contributed by atoms with Gasteiger partial charge in [-0.25, -0.2) is 9.78 Å². The van der Waals surface area contributed by atoms with Crippen LogP contribution in [0.4, 0.5) is 13.6 Å². The van der Waals surface area contributed by atoms with Gasteiger partial charge in [-0.15, -0.1) is 0 Å². The van der Waals surface area contributed by atoms with Crippen LogP contribution in [-0.4, -0.2) is 41.3 Å². The lowest BCUT2D eigenvalue weighted by Crippen LogP contribution is -2.55. The number of carbonyl (C=O) groups excluding carboxylic acids is 1. The normalized spacial score (nSPS) is 20.4. The SMILES string of the molecule is CC(C)(C)OC(=O)N1CCC2(CC1)COc1c(ncc(Cl)c1C#N)C2(F)F. The van der Waals surface area contributed by atoms with Gasteiger partial charge in [-0.1, -0.05) is 11.6 Å². The summed E-state index contributed by atoms with van der Waals surface area (Å²) in [6, 6.07) is 1.80. The van der Waals surface area contributed by atoms with Crippen LogP contribution in [0, 0.1) is 16.7 Å². The molecule has 9 heteroatoms. The first-order valence-electron chi connectivity index (χ1n) is 8.58. The molecule has 1 saturated heterocycles. The van der Waals surface area contributed by atoms with Crippen molar-refractivity contribution in [2.24, 2.45) is 5.41 Å². The molecule has 1 aromatic heterocycles. The maximum Gasteiger partial charge on any atom is 0.410 e. The number of likely N-dealkylation sites (tertiary alicyclic amines) is 1. The Hall–Kier alpha value is -2.14. The van der Waals surface area contributed by atoms with Gasteiger partial charge in [0.2, 0.25) is 0 Å². The molecule has 1 fully saturated rings. The number of hydrogen-bond donors (Lipinski definition) is 0. The van der Waals surface area contributed by atoms with Gasteiger partial charge in [0.15, 0.2) is 11.4 Å². The van der Waals surface area contributed by atoms with Crippen molar-refractivity contribution in [3.8, 4) is 11.8 Å². The Morgan fingerprint density at radius 2 is 2.04 bits per heavy atom. The fourth-order valence-corrected chi connectivity index (χ4v) is 3.57. The highest BCUT2D eigenvalue weighted by atomic mass is 35.5. The highest BCUT2D eigenvalue weighted by Gasteiger charge is 2.61. The number of fused-ring (bicyclic) bond motifs is 1. The zero-order chi connectivity index (χ0) is 20.0. The minimum Gasteiger partial charge on any atom is -0.489 e. The van der Waals surface area contributed by atoms with Crippen LogP contribution in [0.1, 0.15) is 44.9 Å². The second-order valence-electron chi connectivity index (χ2n) is 7.88. The molecule has 0 aromatic carbocycles. The van der Waals surface area contributed by atoms with E-state index in [0.717, 1.165) is 6.20 Å². The number of hydrogen-bond acceptors (Lipinski definition) is 5. The summed E-state index contributed by atoms with van der Waals surface area (Å²) in [6.45, 7) is 5.23. The number of aromatic nitrogens is 1. The Balaban J connectivity index is 1.84. The number of rotatable bonds is 0. The standard InChI is InChI=1S/C18H20ClF2N3O3/c1-16(2,3)27-15(25)24-6-4-17(5-7-24)10-26-13-11(8-22)12(19)9-23-14(13)18(17,20)21/h9H,4-7,10H2,1-3H3. The Labute approximate surface area is 161 Å². The van der Waals surface area contributed by atoms with Gasteiger partial charge in [0, 0.05) is 19.3 Å². The minimum atomic E-state index is -3.31. The zero-order valence-electron chi connectivity index (χ0n) is 15.3. The third-order valence-electron chi connectivity index (χ3n) is 4.93. The smallest absolute Gasteiger partial charge is 0.410 e. The van der Waals surface area contributed by atoms with Crippen molar-refractivity contribution in [3.05, 3.63) is 22.5 Å². The molecule has 2 aliphatic rings. The first kappa shape index (κ1) is 19.6. The Bertz CT molecular complexity index is 809. The van der Waals surface area contributed by atoms with E-state index in [4.69, 9.17) is 21.1 Å². The number of nitriles is 1. The molecule has 0 saturated carbocycles. The number of nitrogens with zero attached hydrogens (tertiary/aromatic N) is 3. The predicted octanol–water partition coefficient (Wildman–Crippen LogP) is 4.11. The monoisotopic (exact) mass is 399 g/mol. The first-order chi connectivity index (χ1) is 12.5. The summed E-state index contributed by atoms with van der Waals surface area (Å²) < 4.78 is 41.6. The van der Waals surface area contributed by atoms with Gasteiger partial charge in [-0.05, 0) is 33.6 Å². The summed E-state index contributed by atoms with van der Waals surface area (Å²) >= 11 is 5.87. The molecule has 3 heterocycles. The molecule has 0 unspecified atom stereocenters. The number of ether oxygens (including phenoxy) is 2. The Kier molecular flexibility index (Phi) is 4.71. The lowest BCUT2D eigenvalue weighted by atomic mass is 9.71. The number of alkyl halides is 2. The molecular weight excluding hydrogens is 380 g/mol. The van der Waals surface area contributed by atoms with Crippen molar-refractivity contribution in [3.63, 3.8) is 0 Å². The van der Waals surface area contributed by atoms with Gasteiger partial charge in [0.05, 0.1) is 10.4 Å². The van der Waals surface area contributed by atoms with Crippen LogP contribution < -0.4 is 4.74 Å². The average Bonchev–Trinajstić information content (AvgIpc) is 2.57. The van der Waals surface area contributed by atoms with Gasteiger partial charge >= 0.3 is 12.0 Å². The largest absolute Gasteiger partial charge is 0.489 e. The molecule has 1 spiro atoms. The summed E-state index contributed by atoms with van der Waals surface area (Å²) in [5.74, 6) is -3.56. The van der Waals surface area contributed by atoms with Crippen LogP contribution in [0.5, 0.6) is 5.75 Å². The molecule has 1 amide bonds. The van der Waals surface area contributed by atoms with Crippen LogP contribution in [0.3, 0.4) is 0 Å². The minimum absolute atomic E-state index is 0.0252. The molecule has 2 aliphatic heterocycles. The number of pyridine rings is 1. The van der Waals surface area contributed by atoms with Crippen molar-refractivity contribution >= 4 is 17.7 Å². The lowest BCUT2D eigenvalue weighted by molar-refractivity contribution is -0.184. The lowest BCUT2D eigenvalue weighted by Gasteiger charge is -2.48. The van der Waals surface area contributed by atoms with E-state index in [9.17, 15) is 10.1 Å². The third-order valence-corrected chi connectivity index (χ3v) is 5.21. The molecule has 6 nitrogen and oxygen atoms in total. The van der Waals surface area contributed by atoms with Crippen LogP contribution in [0.2, 0.25) is 5.02 Å². The number of piperidine rings is 1. The van der Waals surface area contributed by atoms with Crippen molar-refractivity contribution < 1.29 is 23.0 Å². The summed E-state index contributed by atoms with van der Waals surface area (Å²) in [6.07, 6.45) is 0.593. The fourth-order valence-electron chi connectivity index (χ4n) is 3.39. The summed E-state index contributed by atoms with van der Waals surface area (Å²) in [5, 5.41) is 9.16. The van der Waals surface area contributed by atoms with Crippen molar-refractivity contribution in [1.82, 2.24) is 9.88 Å². The van der Waals surface area contributed by atoms with E-state index in [1.807, 2.05) is 0 Å². The second-order valence-corrected chi connectivity index (χ2v) is 8.29. The summed E-state index contributed by atoms with van der Waals surface area (Å²) in [5.41, 5.74) is -2.85. The molecule has 27 heavy (non-hydrogen) atoms. The van der Waals surface area contributed by atoms with Crippen molar-refractivity contribution in [2.75, 3.05) is 19.7 Å². The zero-order valence-corrected chi connectivity index (χ0v) is 16.1. The third kappa shape index (κ3) is 3.29. The fraction of sp³-hybridized carbons (Fsp3) is 0.611. The number of carbonyl (C=O) groups is 1. The quantitative estimate of drug-likeness (QED) is 0.656. The van der Waals surface area contributed by atoms with E-state index >= 15 is 8.78 Å². The average molecular weight is 400 g/mol. The molecule has 0 radical (unpaired) electrons. The topological polar surface area (TPSA) is 75.4 Å². The number of halogens is 3. The second kappa shape index (κ2) is 6.48. The van der Waals surface area contributed by atoms with E-state index < -0.39 is 28.7 Å². The predicted molar refractivity (Wildman–Crippen MR) is 92.8 cm³/mol. The highest BCUT2D eigenvalue weighted by molar-refractivity contribution is 6.31. The van der Waals surface area contributed by atoms with Gasteiger partial charge in [0.1, 0.15) is 23.8 Å². The maximum absolute atomic E-state index is 15.4. The molecule has 146 valence electrons. The molecular formula is C18H20ClF2N3O3. The van der Waals surface area contributed by atoms with Crippen LogP contribution in [-0.2, 0) is 10.7 Å². The van der Waals surface area contributed by atoms with Gasteiger partial charge in [0.25, 0.3) is 0 Å². The van der Waals surface area contributed by atoms with E-state index in [1.165, 1.54) is 4.90 Å². The van der Waals surface area contributed by atoms with Crippen LogP contribution >= 0.6 is 11.6 Å². The number of amides is 1. The first-order valence-corrected chi connectivity index (χ1v) is 8.96. The molecule has 0 N–H and O–H groups in total. The van der Waals surface area contributed by atoms with E-state index in [0.29, 0.717) is 0 Å². The van der Waals surface area contributed by atoms with Crippen LogP contribution in [0.25, 0.3) is 0 Å². The molecule has 1 aromatic rings. The summed E-state index contributed by atoms with van der Waals surface area (Å²) in [4.78, 5) is 17.4. The Morgan fingerprint density at radius 3 is 2.59 bits per heavy atom. The maximum atomic E-state index is 15.4. The van der Waals surface area contributed by atoms with Crippen molar-refractivity contribution in [2.45, 2.75) is 45.1 Å².